The van der Waals surface area contributed by atoms with Crippen molar-refractivity contribution in [3.8, 4) is 0 Å². The molecule has 0 aromatic heterocycles. The Morgan fingerprint density at radius 2 is 1.74 bits per heavy atom. The topological polar surface area (TPSA) is 69.7 Å². The molecule has 1 fully saturated rings. The van der Waals surface area contributed by atoms with Gasteiger partial charge in [-0.05, 0) is 54.7 Å². The molecule has 0 saturated carbocycles. The van der Waals surface area contributed by atoms with E-state index in [0.717, 1.165) is 17.3 Å². The number of amides is 4. The third-order valence-corrected chi connectivity index (χ3v) is 6.08. The molecule has 0 aliphatic carbocycles. The molecule has 1 saturated heterocycles. The van der Waals surface area contributed by atoms with Gasteiger partial charge in [-0.25, -0.2) is 9.69 Å². The van der Waals surface area contributed by atoms with E-state index in [4.69, 9.17) is 0 Å². The summed E-state index contributed by atoms with van der Waals surface area (Å²) in [6.45, 7) is 5.24. The SMILES string of the molecule is CCC1CC(C)CN(C(=O)N(C(=O)CNC(=O)c2ccccc2)c2ccc(Br)cc2)C1. The molecule has 1 aliphatic rings. The molecule has 2 unspecified atom stereocenters. The first-order valence-corrected chi connectivity index (χ1v) is 11.4. The Balaban J connectivity index is 1.79. The summed E-state index contributed by atoms with van der Waals surface area (Å²) < 4.78 is 0.853. The van der Waals surface area contributed by atoms with Crippen LogP contribution in [-0.2, 0) is 4.79 Å². The van der Waals surface area contributed by atoms with Gasteiger partial charge in [0, 0.05) is 23.1 Å². The minimum Gasteiger partial charge on any atom is -0.343 e. The van der Waals surface area contributed by atoms with Crippen LogP contribution in [0.5, 0.6) is 0 Å². The van der Waals surface area contributed by atoms with Crippen LogP contribution in [0, 0.1) is 11.8 Å². The van der Waals surface area contributed by atoms with Gasteiger partial charge in [-0.15, -0.1) is 0 Å². The van der Waals surface area contributed by atoms with Gasteiger partial charge in [-0.3, -0.25) is 9.59 Å². The maximum Gasteiger partial charge on any atom is 0.331 e. The Hall–Kier alpha value is -2.67. The molecule has 0 radical (unpaired) electrons. The van der Waals surface area contributed by atoms with Crippen LogP contribution < -0.4 is 10.2 Å². The van der Waals surface area contributed by atoms with Gasteiger partial charge >= 0.3 is 6.03 Å². The number of likely N-dealkylation sites (tertiary alicyclic amines) is 1. The highest BCUT2D eigenvalue weighted by atomic mass is 79.9. The maximum atomic E-state index is 13.5. The van der Waals surface area contributed by atoms with E-state index >= 15 is 0 Å². The number of carbonyl (C=O) groups excluding carboxylic acids is 3. The second-order valence-corrected chi connectivity index (χ2v) is 8.97. The first-order valence-electron chi connectivity index (χ1n) is 10.6. The molecule has 164 valence electrons. The van der Waals surface area contributed by atoms with Crippen molar-refractivity contribution in [2.45, 2.75) is 26.7 Å². The Kier molecular flexibility index (Phi) is 7.85. The van der Waals surface area contributed by atoms with Crippen LogP contribution in [0.1, 0.15) is 37.0 Å². The number of nitrogens with zero attached hydrogens (tertiary/aromatic N) is 2. The van der Waals surface area contributed by atoms with E-state index in [0.29, 0.717) is 36.2 Å². The van der Waals surface area contributed by atoms with Crippen molar-refractivity contribution >= 4 is 39.5 Å². The van der Waals surface area contributed by atoms with Crippen molar-refractivity contribution in [3.05, 3.63) is 64.6 Å². The summed E-state index contributed by atoms with van der Waals surface area (Å²) >= 11 is 3.39. The van der Waals surface area contributed by atoms with E-state index < -0.39 is 5.91 Å². The molecule has 2 aromatic rings. The van der Waals surface area contributed by atoms with Crippen molar-refractivity contribution in [2.24, 2.45) is 11.8 Å². The van der Waals surface area contributed by atoms with Crippen LogP contribution in [0.2, 0.25) is 0 Å². The zero-order valence-corrected chi connectivity index (χ0v) is 19.5. The van der Waals surface area contributed by atoms with E-state index in [9.17, 15) is 14.4 Å². The van der Waals surface area contributed by atoms with Crippen molar-refractivity contribution in [1.82, 2.24) is 10.2 Å². The molecule has 3 rings (SSSR count). The number of hydrogen-bond acceptors (Lipinski definition) is 3. The van der Waals surface area contributed by atoms with Crippen LogP contribution in [0.15, 0.2) is 59.1 Å². The number of anilines is 1. The summed E-state index contributed by atoms with van der Waals surface area (Å²) in [6, 6.07) is 15.4. The minimum atomic E-state index is -0.470. The van der Waals surface area contributed by atoms with E-state index in [2.05, 4.69) is 35.1 Å². The summed E-state index contributed by atoms with van der Waals surface area (Å²) in [5.74, 6) is -0.0210. The quantitative estimate of drug-likeness (QED) is 0.666. The fourth-order valence-corrected chi connectivity index (χ4v) is 4.22. The molecule has 6 nitrogen and oxygen atoms in total. The van der Waals surface area contributed by atoms with E-state index in [-0.39, 0.29) is 18.5 Å². The Labute approximate surface area is 191 Å². The monoisotopic (exact) mass is 485 g/mol. The number of piperidine rings is 1. The van der Waals surface area contributed by atoms with E-state index in [1.165, 1.54) is 4.90 Å². The predicted octanol–water partition coefficient (Wildman–Crippen LogP) is 4.70. The molecule has 1 N–H and O–H groups in total. The van der Waals surface area contributed by atoms with Gasteiger partial charge in [0.05, 0.1) is 12.2 Å². The lowest BCUT2D eigenvalue weighted by molar-refractivity contribution is -0.117. The average molecular weight is 486 g/mol. The first kappa shape index (κ1) is 23.0. The Morgan fingerprint density at radius 1 is 1.06 bits per heavy atom. The molecule has 2 aromatic carbocycles. The lowest BCUT2D eigenvalue weighted by Crippen LogP contribution is -2.53. The van der Waals surface area contributed by atoms with E-state index in [1.54, 1.807) is 53.4 Å². The number of benzene rings is 2. The van der Waals surface area contributed by atoms with Crippen LogP contribution >= 0.6 is 15.9 Å². The number of carbonyl (C=O) groups is 3. The molecule has 1 aliphatic heterocycles. The van der Waals surface area contributed by atoms with Gasteiger partial charge in [0.25, 0.3) is 11.8 Å². The van der Waals surface area contributed by atoms with Gasteiger partial charge in [0.1, 0.15) is 0 Å². The lowest BCUT2D eigenvalue weighted by atomic mass is 9.89. The summed E-state index contributed by atoms with van der Waals surface area (Å²) in [4.78, 5) is 41.9. The predicted molar refractivity (Wildman–Crippen MR) is 125 cm³/mol. The fourth-order valence-electron chi connectivity index (χ4n) is 3.95. The number of imide groups is 1. The summed E-state index contributed by atoms with van der Waals surface area (Å²) in [5, 5.41) is 2.64. The standard InChI is InChI=1S/C24H28BrN3O3/c1-3-18-13-17(2)15-27(16-18)24(31)28(21-11-9-20(25)10-12-21)22(29)14-26-23(30)19-7-5-4-6-8-19/h4-12,17-18H,3,13-16H2,1-2H3,(H,26,30). The summed E-state index contributed by atoms with van der Waals surface area (Å²) in [7, 11) is 0. The third-order valence-electron chi connectivity index (χ3n) is 5.56. The zero-order chi connectivity index (χ0) is 22.4. The van der Waals surface area contributed by atoms with Crippen molar-refractivity contribution < 1.29 is 14.4 Å². The second-order valence-electron chi connectivity index (χ2n) is 8.06. The summed E-state index contributed by atoms with van der Waals surface area (Å²) in [5.41, 5.74) is 0.950. The van der Waals surface area contributed by atoms with Gasteiger partial charge < -0.3 is 10.2 Å². The largest absolute Gasteiger partial charge is 0.343 e. The van der Waals surface area contributed by atoms with Crippen LogP contribution in [-0.4, -0.2) is 42.4 Å². The number of urea groups is 1. The minimum absolute atomic E-state index is 0.268. The molecule has 0 bridgehead atoms. The molecule has 1 heterocycles. The summed E-state index contributed by atoms with van der Waals surface area (Å²) in [6.07, 6.45) is 2.08. The highest BCUT2D eigenvalue weighted by Crippen LogP contribution is 2.27. The van der Waals surface area contributed by atoms with Crippen LogP contribution in [0.4, 0.5) is 10.5 Å². The molecular weight excluding hydrogens is 458 g/mol. The number of halogens is 1. The Bertz CT molecular complexity index is 917. The van der Waals surface area contributed by atoms with Crippen molar-refractivity contribution in [3.63, 3.8) is 0 Å². The van der Waals surface area contributed by atoms with Crippen LogP contribution in [0.3, 0.4) is 0 Å². The molecule has 7 heteroatoms. The van der Waals surface area contributed by atoms with Gasteiger partial charge in [-0.2, -0.15) is 0 Å². The molecular formula is C24H28BrN3O3. The number of rotatable bonds is 5. The van der Waals surface area contributed by atoms with Crippen LogP contribution in [0.25, 0.3) is 0 Å². The first-order chi connectivity index (χ1) is 14.9. The molecule has 31 heavy (non-hydrogen) atoms. The van der Waals surface area contributed by atoms with E-state index in [1.807, 2.05) is 6.07 Å². The van der Waals surface area contributed by atoms with Crippen molar-refractivity contribution in [1.29, 1.82) is 0 Å². The normalized spacial score (nSPS) is 18.4. The average Bonchev–Trinajstić information content (AvgIpc) is 2.78. The van der Waals surface area contributed by atoms with Gasteiger partial charge in [-0.1, -0.05) is 54.4 Å². The molecule has 4 amide bonds. The zero-order valence-electron chi connectivity index (χ0n) is 17.9. The van der Waals surface area contributed by atoms with Crippen molar-refractivity contribution in [2.75, 3.05) is 24.5 Å². The van der Waals surface area contributed by atoms with Gasteiger partial charge in [0.2, 0.25) is 0 Å². The maximum absolute atomic E-state index is 13.5. The second kappa shape index (κ2) is 10.6. The number of hydrogen-bond donors (Lipinski definition) is 1. The fraction of sp³-hybridized carbons (Fsp3) is 0.375. The highest BCUT2D eigenvalue weighted by Gasteiger charge is 2.33. The molecule has 2 atom stereocenters. The third kappa shape index (κ3) is 5.94. The smallest absolute Gasteiger partial charge is 0.331 e. The number of nitrogens with one attached hydrogen (secondary N) is 1. The molecule has 0 spiro atoms. The lowest BCUT2D eigenvalue weighted by Gasteiger charge is -2.38. The van der Waals surface area contributed by atoms with Gasteiger partial charge in [0.15, 0.2) is 0 Å². The highest BCUT2D eigenvalue weighted by molar-refractivity contribution is 9.10. The Morgan fingerprint density at radius 3 is 2.39 bits per heavy atom.